The van der Waals surface area contributed by atoms with Gasteiger partial charge < -0.3 is 10.2 Å². The Hall–Kier alpha value is -2.36. The van der Waals surface area contributed by atoms with Crippen LogP contribution in [-0.4, -0.2) is 28.9 Å². The zero-order chi connectivity index (χ0) is 13.6. The summed E-state index contributed by atoms with van der Waals surface area (Å²) in [5.74, 6) is 0.972. The van der Waals surface area contributed by atoms with E-state index in [4.69, 9.17) is 0 Å². The lowest BCUT2D eigenvalue weighted by molar-refractivity contribution is 0.431. The molecule has 0 radical (unpaired) electrons. The fraction of sp³-hybridized carbons (Fsp3) is 0.250. The van der Waals surface area contributed by atoms with Gasteiger partial charge in [-0.15, -0.1) is 0 Å². The maximum absolute atomic E-state index is 4.53. The Morgan fingerprint density at radius 1 is 1.05 bits per heavy atom. The molecule has 0 saturated heterocycles. The van der Waals surface area contributed by atoms with E-state index in [9.17, 15) is 0 Å². The van der Waals surface area contributed by atoms with E-state index < -0.39 is 0 Å². The van der Waals surface area contributed by atoms with Gasteiger partial charge in [-0.3, -0.25) is 9.98 Å². The van der Waals surface area contributed by atoms with Crippen molar-refractivity contribution in [3.05, 3.63) is 66.0 Å². The number of nitrogens with zero attached hydrogens (tertiary/aromatic N) is 3. The van der Waals surface area contributed by atoms with Gasteiger partial charge in [0.25, 0.3) is 0 Å². The number of hydrogen-bond acceptors (Lipinski definition) is 4. The number of guanidine groups is 1. The Morgan fingerprint density at radius 3 is 2.70 bits per heavy atom. The van der Waals surface area contributed by atoms with Crippen LogP contribution in [0, 0.1) is 0 Å². The van der Waals surface area contributed by atoms with Crippen molar-refractivity contribution in [3.63, 3.8) is 0 Å². The molecule has 2 aromatic rings. The lowest BCUT2D eigenvalue weighted by atomic mass is 10.2. The fourth-order valence-corrected chi connectivity index (χ4v) is 2.27. The van der Waals surface area contributed by atoms with Gasteiger partial charge in [0.1, 0.15) is 0 Å². The first-order valence-electron chi connectivity index (χ1n) is 6.89. The van der Waals surface area contributed by atoms with Crippen LogP contribution in [0.4, 0.5) is 0 Å². The minimum atomic E-state index is 0.804. The summed E-state index contributed by atoms with van der Waals surface area (Å²) in [7, 11) is 0. The number of aromatic nitrogens is 1. The molecule has 0 aliphatic carbocycles. The summed E-state index contributed by atoms with van der Waals surface area (Å²) in [6.45, 7) is 3.41. The highest BCUT2D eigenvalue weighted by Crippen LogP contribution is 2.07. The van der Waals surface area contributed by atoms with Crippen molar-refractivity contribution in [1.29, 1.82) is 0 Å². The van der Waals surface area contributed by atoms with Crippen LogP contribution >= 0.6 is 0 Å². The van der Waals surface area contributed by atoms with E-state index in [2.05, 4.69) is 44.5 Å². The van der Waals surface area contributed by atoms with E-state index in [0.717, 1.165) is 37.8 Å². The molecule has 0 fully saturated rings. The number of nitrogens with one attached hydrogen (secondary N) is 1. The molecule has 1 aromatic heterocycles. The van der Waals surface area contributed by atoms with Crippen LogP contribution in [0.15, 0.2) is 59.7 Å². The van der Waals surface area contributed by atoms with Crippen LogP contribution in [0.1, 0.15) is 11.3 Å². The standard InChI is InChI=1S/C16H18N4/c1-2-6-14(7-3-1)12-19-16-18-10-11-20(16)13-15-8-4-5-9-17-15/h1-9H,10-13H2,(H,18,19). The Labute approximate surface area is 119 Å². The lowest BCUT2D eigenvalue weighted by Crippen LogP contribution is -2.37. The van der Waals surface area contributed by atoms with Crippen LogP contribution in [0.25, 0.3) is 0 Å². The van der Waals surface area contributed by atoms with Gasteiger partial charge in [-0.05, 0) is 17.7 Å². The number of benzene rings is 1. The van der Waals surface area contributed by atoms with Crippen molar-refractivity contribution in [2.45, 2.75) is 13.1 Å². The van der Waals surface area contributed by atoms with Crippen LogP contribution in [0.2, 0.25) is 0 Å². The third-order valence-corrected chi connectivity index (χ3v) is 3.30. The summed E-state index contributed by atoms with van der Waals surface area (Å²) < 4.78 is 0. The summed E-state index contributed by atoms with van der Waals surface area (Å²) in [4.78, 5) is 11.1. The van der Waals surface area contributed by atoms with Gasteiger partial charge in [0.2, 0.25) is 0 Å². The van der Waals surface area contributed by atoms with Gasteiger partial charge >= 0.3 is 0 Å². The van der Waals surface area contributed by atoms with Crippen molar-refractivity contribution in [1.82, 2.24) is 15.2 Å². The molecule has 0 unspecified atom stereocenters. The Balaban J connectivity index is 1.59. The number of rotatable bonds is 4. The Bertz CT molecular complexity index is 566. The molecule has 0 spiro atoms. The quantitative estimate of drug-likeness (QED) is 0.920. The molecule has 0 amide bonds. The molecule has 0 atom stereocenters. The van der Waals surface area contributed by atoms with E-state index in [1.54, 1.807) is 0 Å². The van der Waals surface area contributed by atoms with E-state index in [1.807, 2.05) is 30.5 Å². The maximum Gasteiger partial charge on any atom is 0.194 e. The summed E-state index contributed by atoms with van der Waals surface area (Å²) in [6.07, 6.45) is 1.83. The molecule has 102 valence electrons. The Morgan fingerprint density at radius 2 is 1.90 bits per heavy atom. The van der Waals surface area contributed by atoms with Crippen LogP contribution in [0.5, 0.6) is 0 Å². The topological polar surface area (TPSA) is 40.5 Å². The van der Waals surface area contributed by atoms with Gasteiger partial charge in [0, 0.05) is 19.3 Å². The smallest absolute Gasteiger partial charge is 0.194 e. The molecule has 4 nitrogen and oxygen atoms in total. The van der Waals surface area contributed by atoms with E-state index in [0.29, 0.717) is 0 Å². The zero-order valence-corrected chi connectivity index (χ0v) is 11.4. The second kappa shape index (κ2) is 6.19. The maximum atomic E-state index is 4.53. The highest BCUT2D eigenvalue weighted by Gasteiger charge is 2.16. The first kappa shape index (κ1) is 12.7. The second-order valence-electron chi connectivity index (χ2n) is 4.79. The van der Waals surface area contributed by atoms with Crippen molar-refractivity contribution in [2.75, 3.05) is 13.1 Å². The molecule has 2 heterocycles. The largest absolute Gasteiger partial charge is 0.352 e. The Kier molecular flexibility index (Phi) is 3.92. The third-order valence-electron chi connectivity index (χ3n) is 3.30. The molecule has 1 N–H and O–H groups in total. The van der Waals surface area contributed by atoms with Crippen molar-refractivity contribution < 1.29 is 0 Å². The predicted molar refractivity (Wildman–Crippen MR) is 80.2 cm³/mol. The highest BCUT2D eigenvalue weighted by molar-refractivity contribution is 5.81. The predicted octanol–water partition coefficient (Wildman–Crippen LogP) is 2.04. The molecule has 0 saturated carbocycles. The minimum Gasteiger partial charge on any atom is -0.352 e. The summed E-state index contributed by atoms with van der Waals surface area (Å²) in [5, 5.41) is 3.42. The first-order chi connectivity index (χ1) is 9.92. The molecule has 0 bridgehead atoms. The van der Waals surface area contributed by atoms with Gasteiger partial charge in [-0.25, -0.2) is 0 Å². The number of aliphatic imine (C=N–C) groups is 1. The monoisotopic (exact) mass is 266 g/mol. The average Bonchev–Trinajstić information content (AvgIpc) is 2.94. The highest BCUT2D eigenvalue weighted by atomic mass is 15.3. The molecule has 3 rings (SSSR count). The van der Waals surface area contributed by atoms with E-state index in [-0.39, 0.29) is 0 Å². The molecular formula is C16H18N4. The van der Waals surface area contributed by atoms with Crippen molar-refractivity contribution in [3.8, 4) is 0 Å². The number of pyridine rings is 1. The van der Waals surface area contributed by atoms with E-state index >= 15 is 0 Å². The molecule has 4 heteroatoms. The second-order valence-corrected chi connectivity index (χ2v) is 4.79. The summed E-state index contributed by atoms with van der Waals surface area (Å²) in [5.41, 5.74) is 2.34. The molecule has 1 aromatic carbocycles. The van der Waals surface area contributed by atoms with Crippen LogP contribution in [0.3, 0.4) is 0 Å². The fourth-order valence-electron chi connectivity index (χ4n) is 2.27. The van der Waals surface area contributed by atoms with Crippen molar-refractivity contribution >= 4 is 5.96 Å². The van der Waals surface area contributed by atoms with Gasteiger partial charge in [0.05, 0.1) is 18.8 Å². The SMILES string of the molecule is c1ccc(CNC2=NCCN2Cc2ccccn2)cc1. The van der Waals surface area contributed by atoms with Gasteiger partial charge in [0.15, 0.2) is 5.96 Å². The van der Waals surface area contributed by atoms with E-state index in [1.165, 1.54) is 5.56 Å². The summed E-state index contributed by atoms with van der Waals surface area (Å²) >= 11 is 0. The molecule has 20 heavy (non-hydrogen) atoms. The van der Waals surface area contributed by atoms with Crippen molar-refractivity contribution in [2.24, 2.45) is 4.99 Å². The lowest BCUT2D eigenvalue weighted by Gasteiger charge is -2.20. The normalized spacial score (nSPS) is 14.2. The summed E-state index contributed by atoms with van der Waals surface area (Å²) in [6, 6.07) is 16.4. The van der Waals surface area contributed by atoms with Gasteiger partial charge in [-0.2, -0.15) is 0 Å². The minimum absolute atomic E-state index is 0.804. The van der Waals surface area contributed by atoms with Gasteiger partial charge in [-0.1, -0.05) is 36.4 Å². The third kappa shape index (κ3) is 3.15. The zero-order valence-electron chi connectivity index (χ0n) is 11.4. The first-order valence-corrected chi connectivity index (χ1v) is 6.89. The van der Waals surface area contributed by atoms with Crippen LogP contribution < -0.4 is 5.32 Å². The molecule has 1 aliphatic rings. The molecular weight excluding hydrogens is 248 g/mol. The molecule has 1 aliphatic heterocycles. The average molecular weight is 266 g/mol. The van der Waals surface area contributed by atoms with Crippen LogP contribution in [-0.2, 0) is 13.1 Å². The number of hydrogen-bond donors (Lipinski definition) is 1.